The van der Waals surface area contributed by atoms with Crippen molar-refractivity contribution in [1.29, 1.82) is 0 Å². The van der Waals surface area contributed by atoms with Crippen LogP contribution in [0.3, 0.4) is 0 Å². The number of anilines is 1. The summed E-state index contributed by atoms with van der Waals surface area (Å²) in [4.78, 5) is 21.0. The molecule has 3 atom stereocenters. The second-order valence-electron chi connectivity index (χ2n) is 11.7. The van der Waals surface area contributed by atoms with Crippen molar-refractivity contribution in [2.24, 2.45) is 12.0 Å². The number of likely N-dealkylation sites (N-methyl/N-ethyl adjacent to an activating group) is 1. The number of benzene rings is 1. The number of hydrogen-bond donors (Lipinski definition) is 1. The van der Waals surface area contributed by atoms with Crippen LogP contribution < -0.4 is 10.5 Å². The molecule has 0 saturated carbocycles. The molecule has 1 aliphatic heterocycles. The molecule has 0 radical (unpaired) electrons. The third-order valence-corrected chi connectivity index (χ3v) is 9.35. The van der Waals surface area contributed by atoms with Crippen molar-refractivity contribution in [2.45, 2.75) is 69.4 Å². The van der Waals surface area contributed by atoms with Gasteiger partial charge in [0.25, 0.3) is 0 Å². The monoisotopic (exact) mass is 540 g/mol. The third-order valence-electron chi connectivity index (χ3n) is 9.35. The number of aromatic nitrogens is 5. The van der Waals surface area contributed by atoms with Crippen LogP contribution in [0.25, 0.3) is 22.6 Å². The van der Waals surface area contributed by atoms with Gasteiger partial charge in [-0.1, -0.05) is 11.2 Å². The molecule has 3 aliphatic rings. The minimum absolute atomic E-state index is 0.0420. The number of fused-ring (bicyclic) bond motifs is 5. The number of aryl methyl sites for hydroxylation is 2. The van der Waals surface area contributed by atoms with Crippen molar-refractivity contribution >= 4 is 23.1 Å². The van der Waals surface area contributed by atoms with Gasteiger partial charge in [0.15, 0.2) is 11.4 Å². The van der Waals surface area contributed by atoms with Crippen LogP contribution in [0.15, 0.2) is 28.0 Å². The molecule has 0 unspecified atom stereocenters. The van der Waals surface area contributed by atoms with Crippen molar-refractivity contribution in [3.05, 3.63) is 46.5 Å². The summed E-state index contributed by atoms with van der Waals surface area (Å²) >= 11 is 0. The average Bonchev–Trinajstić information content (AvgIpc) is 3.73. The van der Waals surface area contributed by atoms with Gasteiger partial charge in [0.2, 0.25) is 0 Å². The minimum Gasteiger partial charge on any atom is -0.459 e. The Morgan fingerprint density at radius 2 is 2.05 bits per heavy atom. The molecular formula is C30H36N8O2. The van der Waals surface area contributed by atoms with Crippen molar-refractivity contribution in [2.75, 3.05) is 26.4 Å². The molecule has 1 saturated heterocycles. The first kappa shape index (κ1) is 25.2. The molecule has 0 bridgehead atoms. The number of nitrogen functional groups attached to an aromatic ring is 1. The number of imidazole rings is 1. The van der Waals surface area contributed by atoms with E-state index in [-0.39, 0.29) is 11.5 Å². The fraction of sp³-hybridized carbons (Fsp3) is 0.500. The van der Waals surface area contributed by atoms with Crippen LogP contribution in [0.5, 0.6) is 6.01 Å². The van der Waals surface area contributed by atoms with Crippen molar-refractivity contribution in [3.8, 4) is 17.4 Å². The zero-order valence-corrected chi connectivity index (χ0v) is 23.6. The number of nitrogens with two attached hydrogens (primary N) is 1. The Hall–Kier alpha value is -3.79. The molecule has 4 heterocycles. The predicted molar refractivity (Wildman–Crippen MR) is 154 cm³/mol. The Balaban J connectivity index is 1.35. The highest BCUT2D eigenvalue weighted by Crippen LogP contribution is 2.54. The smallest absolute Gasteiger partial charge is 0.319 e. The molecule has 10 nitrogen and oxygen atoms in total. The van der Waals surface area contributed by atoms with Crippen LogP contribution in [-0.4, -0.2) is 68.6 Å². The number of ether oxygens (including phenoxy) is 1. The molecule has 7 rings (SSSR count). The summed E-state index contributed by atoms with van der Waals surface area (Å²) in [6.07, 6.45) is 10.7. The van der Waals surface area contributed by atoms with Gasteiger partial charge < -0.3 is 19.6 Å². The van der Waals surface area contributed by atoms with E-state index in [4.69, 9.17) is 25.0 Å². The summed E-state index contributed by atoms with van der Waals surface area (Å²) in [5.41, 5.74) is 14.4. The van der Waals surface area contributed by atoms with Crippen molar-refractivity contribution in [1.82, 2.24) is 29.6 Å². The first-order chi connectivity index (χ1) is 19.4. The lowest BCUT2D eigenvalue weighted by atomic mass is 9.68. The molecule has 2 aliphatic carbocycles. The van der Waals surface area contributed by atoms with Gasteiger partial charge in [-0.3, -0.25) is 9.89 Å². The molecule has 10 heteroatoms. The standard InChI is InChI=1S/C30H36N8O2/c1-17(22-8-6-14-37(22)3)39-29-34-25(26-28(35-29)38(4)16-33-26)24-19-7-5-12-30(27(19)40-36-24)13-11-18-9-10-21(31)20(15-32-2)23(18)30/h9-10,15-17,22H,5-8,11-14,31H2,1-4H3/t17-,22-,30-/m0/s1. The largest absolute Gasteiger partial charge is 0.459 e. The number of aliphatic imine (C=N–C) groups is 1. The normalized spacial score (nSPS) is 23.4. The van der Waals surface area contributed by atoms with Gasteiger partial charge in [-0.25, -0.2) is 4.98 Å². The Kier molecular flexibility index (Phi) is 5.92. The Labute approximate surface area is 233 Å². The number of hydrogen-bond acceptors (Lipinski definition) is 9. The highest BCUT2D eigenvalue weighted by atomic mass is 16.5. The summed E-state index contributed by atoms with van der Waals surface area (Å²) in [5, 5.41) is 4.68. The van der Waals surface area contributed by atoms with Crippen LogP contribution in [0, 0.1) is 0 Å². The zero-order chi connectivity index (χ0) is 27.6. The first-order valence-electron chi connectivity index (χ1n) is 14.3. The van der Waals surface area contributed by atoms with E-state index in [0.717, 1.165) is 79.0 Å². The van der Waals surface area contributed by atoms with E-state index in [1.165, 1.54) is 17.5 Å². The molecule has 0 amide bonds. The van der Waals surface area contributed by atoms with Gasteiger partial charge in [0.05, 0.1) is 11.7 Å². The highest BCUT2D eigenvalue weighted by Gasteiger charge is 2.49. The number of likely N-dealkylation sites (tertiary alicyclic amines) is 1. The molecule has 1 spiro atoms. The SMILES string of the molecule is CN=Cc1c(N)ccc2c1[C@]1(CCCc3c(-c4nc(O[C@@H](C)[C@@H]5CCCN5C)nc5c4ncn5C)noc31)CC2. The van der Waals surface area contributed by atoms with Crippen LogP contribution in [-0.2, 0) is 25.3 Å². The lowest BCUT2D eigenvalue weighted by Gasteiger charge is -2.33. The third kappa shape index (κ3) is 3.68. The van der Waals surface area contributed by atoms with Crippen molar-refractivity contribution in [3.63, 3.8) is 0 Å². The highest BCUT2D eigenvalue weighted by molar-refractivity contribution is 5.91. The van der Waals surface area contributed by atoms with E-state index in [2.05, 4.69) is 40.1 Å². The van der Waals surface area contributed by atoms with Crippen LogP contribution in [0.4, 0.5) is 5.69 Å². The van der Waals surface area contributed by atoms with Crippen molar-refractivity contribution < 1.29 is 9.26 Å². The number of rotatable bonds is 5. The summed E-state index contributed by atoms with van der Waals surface area (Å²) in [7, 11) is 5.88. The minimum atomic E-state index is -0.281. The predicted octanol–water partition coefficient (Wildman–Crippen LogP) is 4.08. The maximum Gasteiger partial charge on any atom is 0.319 e. The fourth-order valence-electron chi connectivity index (χ4n) is 7.43. The summed E-state index contributed by atoms with van der Waals surface area (Å²) in [5.74, 6) is 0.926. The molecule has 3 aromatic heterocycles. The fourth-order valence-corrected chi connectivity index (χ4v) is 7.43. The molecule has 4 aromatic rings. The first-order valence-corrected chi connectivity index (χ1v) is 14.3. The average molecular weight is 541 g/mol. The van der Waals surface area contributed by atoms with E-state index < -0.39 is 0 Å². The molecular weight excluding hydrogens is 504 g/mol. The number of nitrogens with zero attached hydrogens (tertiary/aromatic N) is 7. The molecule has 208 valence electrons. The van der Waals surface area contributed by atoms with E-state index >= 15 is 0 Å². The Morgan fingerprint density at radius 1 is 1.18 bits per heavy atom. The quantitative estimate of drug-likeness (QED) is 0.297. The van der Waals surface area contributed by atoms with Gasteiger partial charge in [-0.15, -0.1) is 0 Å². The van der Waals surface area contributed by atoms with Crippen LogP contribution in [0.1, 0.15) is 67.0 Å². The second-order valence-corrected chi connectivity index (χ2v) is 11.7. The van der Waals surface area contributed by atoms with Crippen LogP contribution >= 0.6 is 0 Å². The molecule has 1 aromatic carbocycles. The van der Waals surface area contributed by atoms with E-state index in [9.17, 15) is 0 Å². The van der Waals surface area contributed by atoms with Gasteiger partial charge in [-0.05, 0) is 82.7 Å². The van der Waals surface area contributed by atoms with Gasteiger partial charge in [-0.2, -0.15) is 9.97 Å². The van der Waals surface area contributed by atoms with Gasteiger partial charge >= 0.3 is 6.01 Å². The second kappa shape index (κ2) is 9.40. The van der Waals surface area contributed by atoms with E-state index in [1.807, 2.05) is 23.9 Å². The Bertz CT molecular complexity index is 1640. The maximum atomic E-state index is 6.48. The van der Waals surface area contributed by atoms with Crippen LogP contribution in [0.2, 0.25) is 0 Å². The lowest BCUT2D eigenvalue weighted by Crippen LogP contribution is -2.38. The van der Waals surface area contributed by atoms with E-state index in [0.29, 0.717) is 23.3 Å². The molecule has 1 fully saturated rings. The molecule has 2 N–H and O–H groups in total. The summed E-state index contributed by atoms with van der Waals surface area (Å²) in [6, 6.07) is 4.84. The topological polar surface area (TPSA) is 120 Å². The Morgan fingerprint density at radius 3 is 2.85 bits per heavy atom. The van der Waals surface area contributed by atoms with Gasteiger partial charge in [0, 0.05) is 43.2 Å². The summed E-state index contributed by atoms with van der Waals surface area (Å²) in [6.45, 7) is 3.18. The zero-order valence-electron chi connectivity index (χ0n) is 23.6. The van der Waals surface area contributed by atoms with E-state index in [1.54, 1.807) is 13.4 Å². The summed E-state index contributed by atoms with van der Waals surface area (Å²) < 4.78 is 14.6. The lowest BCUT2D eigenvalue weighted by molar-refractivity contribution is 0.112. The van der Waals surface area contributed by atoms with Gasteiger partial charge in [0.1, 0.15) is 23.0 Å². The maximum absolute atomic E-state index is 6.48. The molecule has 40 heavy (non-hydrogen) atoms.